The van der Waals surface area contributed by atoms with Crippen molar-refractivity contribution in [1.82, 2.24) is 4.90 Å². The van der Waals surface area contributed by atoms with Gasteiger partial charge in [0.15, 0.2) is 0 Å². The molecule has 2 aliphatic rings. The first-order valence-corrected chi connectivity index (χ1v) is 14.2. The summed E-state index contributed by atoms with van der Waals surface area (Å²) in [6.45, 7) is 5.82. The van der Waals surface area contributed by atoms with Gasteiger partial charge in [0.2, 0.25) is 5.91 Å². The molecule has 0 aromatic heterocycles. The van der Waals surface area contributed by atoms with Crippen molar-refractivity contribution in [2.75, 3.05) is 31.1 Å². The zero-order valence-corrected chi connectivity index (χ0v) is 23.6. The van der Waals surface area contributed by atoms with Crippen LogP contribution in [0.15, 0.2) is 60.7 Å². The third kappa shape index (κ3) is 6.37. The number of hydrogen-bond acceptors (Lipinski definition) is 5. The fourth-order valence-electron chi connectivity index (χ4n) is 5.38. The van der Waals surface area contributed by atoms with E-state index in [0.29, 0.717) is 26.0 Å². The molecule has 0 bridgehead atoms. The maximum absolute atomic E-state index is 13.2. The van der Waals surface area contributed by atoms with E-state index in [0.717, 1.165) is 46.5 Å². The largest absolute Gasteiger partial charge is 0.493 e. The van der Waals surface area contributed by atoms with Crippen molar-refractivity contribution in [3.63, 3.8) is 0 Å². The molecule has 0 atom stereocenters. The lowest BCUT2D eigenvalue weighted by Crippen LogP contribution is -2.53. The van der Waals surface area contributed by atoms with Gasteiger partial charge in [0.05, 0.1) is 12.5 Å². The maximum atomic E-state index is 13.2. The van der Waals surface area contributed by atoms with Gasteiger partial charge >= 0.3 is 12.1 Å². The second-order valence-electron chi connectivity index (χ2n) is 10.8. The van der Waals surface area contributed by atoms with Crippen LogP contribution in [-0.4, -0.2) is 54.2 Å². The van der Waals surface area contributed by atoms with Crippen molar-refractivity contribution >= 4 is 23.7 Å². The Labute approximate surface area is 240 Å². The molecule has 214 valence electrons. The minimum Gasteiger partial charge on any atom is -0.493 e. The first-order valence-electron chi connectivity index (χ1n) is 14.2. The van der Waals surface area contributed by atoms with E-state index in [4.69, 9.17) is 14.6 Å². The summed E-state index contributed by atoms with van der Waals surface area (Å²) < 4.78 is 11.3. The monoisotopic (exact) mass is 556 g/mol. The zero-order chi connectivity index (χ0) is 28.9. The third-order valence-corrected chi connectivity index (χ3v) is 8.02. The molecule has 0 radical (unpaired) electrons. The molecule has 3 aromatic rings. The Balaban J connectivity index is 1.17. The molecule has 0 saturated carbocycles. The Bertz CT molecular complexity index is 1430. The molecule has 2 heterocycles. The van der Waals surface area contributed by atoms with Crippen LogP contribution in [0.4, 0.5) is 10.5 Å². The first kappa shape index (κ1) is 28.2. The third-order valence-electron chi connectivity index (χ3n) is 8.02. The van der Waals surface area contributed by atoms with Crippen LogP contribution in [0, 0.1) is 19.8 Å². The average molecular weight is 557 g/mol. The van der Waals surface area contributed by atoms with Crippen molar-refractivity contribution in [3.05, 3.63) is 82.9 Å². The van der Waals surface area contributed by atoms with Gasteiger partial charge in [-0.15, -0.1) is 0 Å². The molecular weight excluding hydrogens is 520 g/mol. The summed E-state index contributed by atoms with van der Waals surface area (Å²) in [6, 6.07) is 20.0. The van der Waals surface area contributed by atoms with E-state index in [9.17, 15) is 14.4 Å². The number of carboxylic acid groups (broad SMARTS) is 1. The highest BCUT2D eigenvalue weighted by Crippen LogP contribution is 2.36. The predicted molar refractivity (Wildman–Crippen MR) is 156 cm³/mol. The summed E-state index contributed by atoms with van der Waals surface area (Å²) in [5.74, 6) is -0.410. The number of aliphatic carboxylic acids is 1. The van der Waals surface area contributed by atoms with Gasteiger partial charge in [-0.05, 0) is 78.6 Å². The van der Waals surface area contributed by atoms with Crippen molar-refractivity contribution in [2.24, 2.45) is 5.92 Å². The normalized spacial score (nSPS) is 14.7. The van der Waals surface area contributed by atoms with Gasteiger partial charge in [-0.3, -0.25) is 9.59 Å². The van der Waals surface area contributed by atoms with Crippen molar-refractivity contribution in [2.45, 2.75) is 46.1 Å². The standard InChI is InChI=1S/C33H36N2O6/c1-22-7-3-11-30(23(22)2)40-18-6-12-31(36)35-17-5-9-28-27(8-4-10-29(28)35)25-15-13-24(14-16-25)21-41-33(39)34-19-26(20-34)32(37)38/h3-4,7-8,10-11,13-16,26H,5-6,9,12,17-21H2,1-2H3,(H,37,38). The van der Waals surface area contributed by atoms with Crippen LogP contribution >= 0.6 is 0 Å². The van der Waals surface area contributed by atoms with Gasteiger partial charge in [-0.1, -0.05) is 48.5 Å². The van der Waals surface area contributed by atoms with Crippen LogP contribution in [0.25, 0.3) is 11.1 Å². The Hall–Kier alpha value is -4.33. The fraction of sp³-hybridized carbons (Fsp3) is 0.364. The molecule has 41 heavy (non-hydrogen) atoms. The van der Waals surface area contributed by atoms with Crippen LogP contribution in [-0.2, 0) is 27.4 Å². The second-order valence-corrected chi connectivity index (χ2v) is 10.8. The molecule has 1 saturated heterocycles. The summed E-state index contributed by atoms with van der Waals surface area (Å²) in [6.07, 6.45) is 2.39. The number of rotatable bonds is 9. The quantitative estimate of drug-likeness (QED) is 0.337. The summed E-state index contributed by atoms with van der Waals surface area (Å²) in [7, 11) is 0. The van der Waals surface area contributed by atoms with Gasteiger partial charge in [-0.25, -0.2) is 4.79 Å². The number of amides is 2. The summed E-state index contributed by atoms with van der Waals surface area (Å²) in [5, 5.41) is 8.97. The molecule has 0 unspecified atom stereocenters. The first-order chi connectivity index (χ1) is 19.8. The van der Waals surface area contributed by atoms with Crippen LogP contribution in [0.1, 0.15) is 41.5 Å². The van der Waals surface area contributed by atoms with Gasteiger partial charge in [0, 0.05) is 31.7 Å². The Morgan fingerprint density at radius 2 is 1.73 bits per heavy atom. The molecule has 3 aromatic carbocycles. The summed E-state index contributed by atoms with van der Waals surface area (Å²) in [4.78, 5) is 39.6. The number of benzene rings is 3. The molecule has 2 aliphatic heterocycles. The smallest absolute Gasteiger partial charge is 0.410 e. The van der Waals surface area contributed by atoms with Crippen LogP contribution in [0.3, 0.4) is 0 Å². The number of fused-ring (bicyclic) bond motifs is 1. The fourth-order valence-corrected chi connectivity index (χ4v) is 5.38. The van der Waals surface area contributed by atoms with E-state index in [1.807, 2.05) is 60.4 Å². The molecule has 0 spiro atoms. The lowest BCUT2D eigenvalue weighted by molar-refractivity contribution is -0.146. The molecule has 0 aliphatic carbocycles. The number of carbonyl (C=O) groups excluding carboxylic acids is 2. The number of anilines is 1. The minimum absolute atomic E-state index is 0.113. The number of hydrogen-bond donors (Lipinski definition) is 1. The Morgan fingerprint density at radius 1 is 0.976 bits per heavy atom. The molecule has 8 nitrogen and oxygen atoms in total. The van der Waals surface area contributed by atoms with Gasteiger partial charge < -0.3 is 24.4 Å². The highest BCUT2D eigenvalue weighted by molar-refractivity contribution is 5.96. The van der Waals surface area contributed by atoms with E-state index in [1.165, 1.54) is 16.0 Å². The van der Waals surface area contributed by atoms with Crippen LogP contribution in [0.2, 0.25) is 0 Å². The molecule has 8 heteroatoms. The average Bonchev–Trinajstić information content (AvgIpc) is 2.95. The lowest BCUT2D eigenvalue weighted by Gasteiger charge is -2.35. The molecular formula is C33H36N2O6. The summed E-state index contributed by atoms with van der Waals surface area (Å²) in [5.41, 5.74) is 7.46. The van der Waals surface area contributed by atoms with Crippen molar-refractivity contribution < 1.29 is 29.0 Å². The van der Waals surface area contributed by atoms with Crippen LogP contribution in [0.5, 0.6) is 5.75 Å². The Kier molecular flexibility index (Phi) is 8.57. The molecule has 2 amide bonds. The number of nitrogens with zero attached hydrogens (tertiary/aromatic N) is 2. The van der Waals surface area contributed by atoms with Crippen molar-refractivity contribution in [1.29, 1.82) is 0 Å². The Morgan fingerprint density at radius 3 is 2.49 bits per heavy atom. The van der Waals surface area contributed by atoms with E-state index < -0.39 is 18.0 Å². The number of likely N-dealkylation sites (tertiary alicyclic amines) is 1. The van der Waals surface area contributed by atoms with Gasteiger partial charge in [-0.2, -0.15) is 0 Å². The van der Waals surface area contributed by atoms with E-state index in [-0.39, 0.29) is 25.6 Å². The molecule has 5 rings (SSSR count). The number of aryl methyl sites for hydroxylation is 1. The van der Waals surface area contributed by atoms with Crippen molar-refractivity contribution in [3.8, 4) is 16.9 Å². The molecule has 1 fully saturated rings. The number of carbonyl (C=O) groups is 3. The SMILES string of the molecule is Cc1cccc(OCCCC(=O)N2CCCc3c(-c4ccc(COC(=O)N5CC(C(=O)O)C5)cc4)cccc32)c1C. The maximum Gasteiger partial charge on any atom is 0.410 e. The van der Waals surface area contributed by atoms with E-state index >= 15 is 0 Å². The van der Waals surface area contributed by atoms with Gasteiger partial charge in [0.1, 0.15) is 12.4 Å². The molecule has 1 N–H and O–H groups in total. The predicted octanol–water partition coefficient (Wildman–Crippen LogP) is 5.76. The number of carboxylic acids is 1. The van der Waals surface area contributed by atoms with E-state index in [1.54, 1.807) is 0 Å². The number of ether oxygens (including phenoxy) is 2. The second kappa shape index (κ2) is 12.5. The highest BCUT2D eigenvalue weighted by Gasteiger charge is 2.36. The lowest BCUT2D eigenvalue weighted by atomic mass is 9.91. The zero-order valence-electron chi connectivity index (χ0n) is 23.6. The topological polar surface area (TPSA) is 96.4 Å². The van der Waals surface area contributed by atoms with E-state index in [2.05, 4.69) is 19.1 Å². The van der Waals surface area contributed by atoms with Gasteiger partial charge in [0.25, 0.3) is 0 Å². The highest BCUT2D eigenvalue weighted by atomic mass is 16.6. The summed E-state index contributed by atoms with van der Waals surface area (Å²) >= 11 is 0. The van der Waals surface area contributed by atoms with Crippen LogP contribution < -0.4 is 9.64 Å². The minimum atomic E-state index is -0.890.